The third kappa shape index (κ3) is 2.13. The van der Waals surface area contributed by atoms with E-state index in [4.69, 9.17) is 5.73 Å². The van der Waals surface area contributed by atoms with E-state index in [9.17, 15) is 0 Å². The molecule has 0 aliphatic heterocycles. The minimum atomic E-state index is 0.523. The van der Waals surface area contributed by atoms with Gasteiger partial charge < -0.3 is 11.1 Å². The molecular weight excluding hydrogens is 198 g/mol. The largest absolute Gasteiger partial charge is 0.397 e. The molecule has 0 aromatic carbocycles. The van der Waals surface area contributed by atoms with Crippen LogP contribution in [0.2, 0.25) is 0 Å². The zero-order chi connectivity index (χ0) is 11.6. The van der Waals surface area contributed by atoms with Crippen molar-refractivity contribution in [2.45, 2.75) is 39.5 Å². The highest BCUT2D eigenvalue weighted by Gasteiger charge is 2.34. The van der Waals surface area contributed by atoms with Crippen LogP contribution in [0.4, 0.5) is 11.5 Å². The van der Waals surface area contributed by atoms with Crippen LogP contribution in [-0.2, 0) is 0 Å². The zero-order valence-corrected chi connectivity index (χ0v) is 10.2. The van der Waals surface area contributed by atoms with Crippen LogP contribution >= 0.6 is 0 Å². The molecule has 1 aliphatic carbocycles. The van der Waals surface area contributed by atoms with Crippen LogP contribution in [-0.4, -0.2) is 11.5 Å². The maximum absolute atomic E-state index is 5.68. The Morgan fingerprint density at radius 1 is 1.50 bits per heavy atom. The van der Waals surface area contributed by atoms with Crippen molar-refractivity contribution in [1.82, 2.24) is 4.98 Å². The Morgan fingerprint density at radius 3 is 2.75 bits per heavy atom. The van der Waals surface area contributed by atoms with Crippen molar-refractivity contribution in [3.8, 4) is 0 Å². The fourth-order valence-electron chi connectivity index (χ4n) is 2.38. The quantitative estimate of drug-likeness (QED) is 0.818. The number of nitrogens with one attached hydrogen (secondary N) is 1. The van der Waals surface area contributed by atoms with Crippen molar-refractivity contribution in [3.63, 3.8) is 0 Å². The highest BCUT2D eigenvalue weighted by Crippen LogP contribution is 2.43. The third-order valence-corrected chi connectivity index (χ3v) is 3.89. The van der Waals surface area contributed by atoms with E-state index in [1.165, 1.54) is 25.7 Å². The molecule has 3 N–H and O–H groups in total. The standard InChI is InChI=1S/C13H21N3/c1-3-13(5-4-6-13)9-16-12-10(2)7-11(14)8-15-12/h7-8H,3-6,9,14H2,1-2H3,(H,15,16). The summed E-state index contributed by atoms with van der Waals surface area (Å²) < 4.78 is 0. The average Bonchev–Trinajstić information content (AvgIpc) is 2.19. The summed E-state index contributed by atoms with van der Waals surface area (Å²) in [5.74, 6) is 0.980. The maximum Gasteiger partial charge on any atom is 0.129 e. The first-order chi connectivity index (χ1) is 7.65. The second kappa shape index (κ2) is 4.32. The number of nitrogens with zero attached hydrogens (tertiary/aromatic N) is 1. The summed E-state index contributed by atoms with van der Waals surface area (Å²) in [6, 6.07) is 1.97. The van der Waals surface area contributed by atoms with Gasteiger partial charge in [-0.05, 0) is 43.2 Å². The smallest absolute Gasteiger partial charge is 0.129 e. The molecule has 3 nitrogen and oxygen atoms in total. The summed E-state index contributed by atoms with van der Waals surface area (Å²) in [6.07, 6.45) is 7.06. The Morgan fingerprint density at radius 2 is 2.25 bits per heavy atom. The first kappa shape index (κ1) is 11.2. The highest BCUT2D eigenvalue weighted by molar-refractivity contribution is 5.50. The lowest BCUT2D eigenvalue weighted by molar-refractivity contribution is 0.145. The number of pyridine rings is 1. The molecule has 0 spiro atoms. The second-order valence-electron chi connectivity index (χ2n) is 4.99. The van der Waals surface area contributed by atoms with Gasteiger partial charge in [0.05, 0.1) is 11.9 Å². The van der Waals surface area contributed by atoms with E-state index >= 15 is 0 Å². The predicted molar refractivity (Wildman–Crippen MR) is 68.5 cm³/mol. The Bertz CT molecular complexity index is 364. The predicted octanol–water partition coefficient (Wildman–Crippen LogP) is 2.96. The van der Waals surface area contributed by atoms with Gasteiger partial charge in [-0.2, -0.15) is 0 Å². The lowest BCUT2D eigenvalue weighted by Gasteiger charge is -2.41. The molecule has 1 aliphatic rings. The van der Waals surface area contributed by atoms with Crippen molar-refractivity contribution in [1.29, 1.82) is 0 Å². The van der Waals surface area contributed by atoms with Crippen molar-refractivity contribution in [3.05, 3.63) is 17.8 Å². The van der Waals surface area contributed by atoms with Gasteiger partial charge in [0, 0.05) is 6.54 Å². The van der Waals surface area contributed by atoms with E-state index in [2.05, 4.69) is 17.2 Å². The highest BCUT2D eigenvalue weighted by atomic mass is 15.0. The second-order valence-corrected chi connectivity index (χ2v) is 4.99. The van der Waals surface area contributed by atoms with Crippen LogP contribution in [0.3, 0.4) is 0 Å². The number of anilines is 2. The first-order valence-corrected chi connectivity index (χ1v) is 6.11. The molecule has 1 aromatic heterocycles. The van der Waals surface area contributed by atoms with Gasteiger partial charge in [0.25, 0.3) is 0 Å². The van der Waals surface area contributed by atoms with Gasteiger partial charge in [0.2, 0.25) is 0 Å². The number of hydrogen-bond donors (Lipinski definition) is 2. The number of aromatic nitrogens is 1. The minimum absolute atomic E-state index is 0.523. The number of nitrogens with two attached hydrogens (primary N) is 1. The number of nitrogen functional groups attached to an aromatic ring is 1. The Hall–Kier alpha value is -1.25. The maximum atomic E-state index is 5.68. The van der Waals surface area contributed by atoms with E-state index in [1.54, 1.807) is 6.20 Å². The third-order valence-electron chi connectivity index (χ3n) is 3.89. The van der Waals surface area contributed by atoms with Crippen LogP contribution in [0.15, 0.2) is 12.3 Å². The summed E-state index contributed by atoms with van der Waals surface area (Å²) in [7, 11) is 0. The molecular formula is C13H21N3. The van der Waals surface area contributed by atoms with Crippen molar-refractivity contribution in [2.75, 3.05) is 17.6 Å². The Labute approximate surface area is 97.5 Å². The lowest BCUT2D eigenvalue weighted by atomic mass is 9.67. The molecule has 0 radical (unpaired) electrons. The van der Waals surface area contributed by atoms with Gasteiger partial charge in [-0.1, -0.05) is 13.3 Å². The van der Waals surface area contributed by atoms with Crippen LogP contribution in [0.5, 0.6) is 0 Å². The minimum Gasteiger partial charge on any atom is -0.397 e. The monoisotopic (exact) mass is 219 g/mol. The molecule has 0 saturated heterocycles. The van der Waals surface area contributed by atoms with E-state index < -0.39 is 0 Å². The molecule has 3 heteroatoms. The van der Waals surface area contributed by atoms with Crippen LogP contribution in [0, 0.1) is 12.3 Å². The summed E-state index contributed by atoms with van der Waals surface area (Å²) in [4.78, 5) is 4.34. The molecule has 88 valence electrons. The molecule has 16 heavy (non-hydrogen) atoms. The van der Waals surface area contributed by atoms with Crippen molar-refractivity contribution in [2.24, 2.45) is 5.41 Å². The van der Waals surface area contributed by atoms with Gasteiger partial charge in [-0.25, -0.2) is 4.98 Å². The van der Waals surface area contributed by atoms with E-state index in [0.717, 1.165) is 23.6 Å². The van der Waals surface area contributed by atoms with Crippen LogP contribution < -0.4 is 11.1 Å². The lowest BCUT2D eigenvalue weighted by Crippen LogP contribution is -2.36. The van der Waals surface area contributed by atoms with Crippen molar-refractivity contribution < 1.29 is 0 Å². The normalized spacial score (nSPS) is 17.9. The van der Waals surface area contributed by atoms with Gasteiger partial charge in [-0.15, -0.1) is 0 Å². The number of aryl methyl sites for hydroxylation is 1. The van der Waals surface area contributed by atoms with E-state index in [-0.39, 0.29) is 0 Å². The van der Waals surface area contributed by atoms with Gasteiger partial charge in [0.1, 0.15) is 5.82 Å². The first-order valence-electron chi connectivity index (χ1n) is 6.11. The van der Waals surface area contributed by atoms with E-state index in [0.29, 0.717) is 5.41 Å². The van der Waals surface area contributed by atoms with Crippen LogP contribution in [0.25, 0.3) is 0 Å². The molecule has 1 aromatic rings. The summed E-state index contributed by atoms with van der Waals surface area (Å²) in [5.41, 5.74) is 8.07. The van der Waals surface area contributed by atoms with Gasteiger partial charge in [-0.3, -0.25) is 0 Å². The summed E-state index contributed by atoms with van der Waals surface area (Å²) in [6.45, 7) is 5.37. The van der Waals surface area contributed by atoms with E-state index in [1.807, 2.05) is 13.0 Å². The summed E-state index contributed by atoms with van der Waals surface area (Å²) >= 11 is 0. The topological polar surface area (TPSA) is 50.9 Å². The average molecular weight is 219 g/mol. The molecule has 0 bridgehead atoms. The van der Waals surface area contributed by atoms with Crippen molar-refractivity contribution >= 4 is 11.5 Å². The SMILES string of the molecule is CCC1(CNc2ncc(N)cc2C)CCC1. The number of rotatable bonds is 4. The Kier molecular flexibility index (Phi) is 3.03. The number of hydrogen-bond acceptors (Lipinski definition) is 3. The van der Waals surface area contributed by atoms with Gasteiger partial charge in [0.15, 0.2) is 0 Å². The van der Waals surface area contributed by atoms with Gasteiger partial charge >= 0.3 is 0 Å². The zero-order valence-electron chi connectivity index (χ0n) is 10.2. The molecule has 0 unspecified atom stereocenters. The molecule has 0 amide bonds. The molecule has 1 fully saturated rings. The Balaban J connectivity index is 1.99. The fourth-order valence-corrected chi connectivity index (χ4v) is 2.38. The fraction of sp³-hybridized carbons (Fsp3) is 0.615. The molecule has 1 saturated carbocycles. The molecule has 1 heterocycles. The van der Waals surface area contributed by atoms with Crippen LogP contribution in [0.1, 0.15) is 38.2 Å². The summed E-state index contributed by atoms with van der Waals surface area (Å²) in [5, 5.41) is 3.47. The molecule has 2 rings (SSSR count). The molecule has 0 atom stereocenters.